The number of carbonyl (C=O) groups is 2. The summed E-state index contributed by atoms with van der Waals surface area (Å²) < 4.78 is 1.92. The number of aromatic nitrogens is 2. The minimum Gasteiger partial charge on any atom is -0.296 e. The second kappa shape index (κ2) is 3.75. The molecule has 1 saturated heterocycles. The molecular formula is C14H16N3O2+. The van der Waals surface area contributed by atoms with Crippen LogP contribution in [0.25, 0.3) is 5.87 Å². The fourth-order valence-corrected chi connectivity index (χ4v) is 2.46. The summed E-state index contributed by atoms with van der Waals surface area (Å²) in [5.41, 5.74) is 0.819. The summed E-state index contributed by atoms with van der Waals surface area (Å²) >= 11 is 0. The molecule has 1 aromatic heterocycles. The van der Waals surface area contributed by atoms with Crippen molar-refractivity contribution in [2.45, 2.75) is 44.9 Å². The van der Waals surface area contributed by atoms with E-state index in [4.69, 9.17) is 0 Å². The third kappa shape index (κ3) is 1.96. The smallest absolute Gasteiger partial charge is 0.296 e. The Hall–Kier alpha value is -2.00. The molecule has 0 radical (unpaired) electrons. The van der Waals surface area contributed by atoms with Crippen LogP contribution >= 0.6 is 0 Å². The highest BCUT2D eigenvalue weighted by Crippen LogP contribution is 2.23. The monoisotopic (exact) mass is 258 g/mol. The van der Waals surface area contributed by atoms with E-state index in [2.05, 4.69) is 36.9 Å². The van der Waals surface area contributed by atoms with Gasteiger partial charge in [-0.25, -0.2) is 0 Å². The molecule has 98 valence electrons. The Kier molecular flexibility index (Phi) is 2.38. The van der Waals surface area contributed by atoms with Crippen LogP contribution in [-0.2, 0) is 15.0 Å². The number of rotatable bonds is 1. The molecule has 0 aliphatic carbocycles. The predicted octanol–water partition coefficient (Wildman–Crippen LogP) is -0.336. The molecule has 5 heteroatoms. The van der Waals surface area contributed by atoms with Crippen LogP contribution in [0.2, 0.25) is 0 Å². The number of fused-ring (bicyclic) bond motifs is 1. The molecule has 0 aromatic carbocycles. The van der Waals surface area contributed by atoms with Gasteiger partial charge in [-0.3, -0.25) is 14.9 Å². The van der Waals surface area contributed by atoms with Gasteiger partial charge >= 0.3 is 5.82 Å². The minimum absolute atomic E-state index is 0.0540. The predicted molar refractivity (Wildman–Crippen MR) is 66.7 cm³/mol. The zero-order valence-electron chi connectivity index (χ0n) is 11.3. The maximum absolute atomic E-state index is 11.9. The lowest BCUT2D eigenvalue weighted by atomic mass is 9.91. The van der Waals surface area contributed by atoms with Crippen molar-refractivity contribution in [3.63, 3.8) is 0 Å². The molecule has 1 fully saturated rings. The van der Waals surface area contributed by atoms with E-state index in [0.717, 1.165) is 16.7 Å². The zero-order valence-corrected chi connectivity index (χ0v) is 11.3. The van der Waals surface area contributed by atoms with E-state index >= 15 is 0 Å². The number of nitrogens with one attached hydrogen (secondary N) is 1. The summed E-state index contributed by atoms with van der Waals surface area (Å²) in [5, 5.41) is 3.32. The van der Waals surface area contributed by atoms with Crippen molar-refractivity contribution in [2.75, 3.05) is 0 Å². The molecule has 2 aliphatic rings. The molecule has 1 atom stereocenters. The van der Waals surface area contributed by atoms with Gasteiger partial charge < -0.3 is 0 Å². The van der Waals surface area contributed by atoms with Gasteiger partial charge in [-0.1, -0.05) is 4.98 Å². The van der Waals surface area contributed by atoms with Gasteiger partial charge in [0.25, 0.3) is 0 Å². The van der Waals surface area contributed by atoms with Crippen LogP contribution in [0.5, 0.6) is 0 Å². The first-order valence-electron chi connectivity index (χ1n) is 6.44. The average Bonchev–Trinajstić information content (AvgIpc) is 3.06. The van der Waals surface area contributed by atoms with Crippen LogP contribution in [0.3, 0.4) is 0 Å². The van der Waals surface area contributed by atoms with E-state index in [9.17, 15) is 9.59 Å². The van der Waals surface area contributed by atoms with Crippen molar-refractivity contribution in [3.05, 3.63) is 22.9 Å². The summed E-state index contributed by atoms with van der Waals surface area (Å²) in [6.07, 6.45) is 2.69. The van der Waals surface area contributed by atoms with Gasteiger partial charge in [0.1, 0.15) is 12.1 Å². The van der Waals surface area contributed by atoms with Gasteiger partial charge in [-0.15, -0.1) is 4.24 Å². The largest absolute Gasteiger partial charge is 0.317 e. The highest BCUT2D eigenvalue weighted by atomic mass is 16.2. The summed E-state index contributed by atoms with van der Waals surface area (Å²) in [6, 6.07) is 0. The third-order valence-corrected chi connectivity index (χ3v) is 3.49. The fourth-order valence-electron chi connectivity index (χ4n) is 2.46. The zero-order chi connectivity index (χ0) is 13.8. The van der Waals surface area contributed by atoms with Crippen molar-refractivity contribution >= 4 is 17.7 Å². The molecule has 2 aliphatic heterocycles. The number of piperidine rings is 1. The second-order valence-electron chi connectivity index (χ2n) is 6.09. The van der Waals surface area contributed by atoms with Crippen LogP contribution in [-0.4, -0.2) is 16.8 Å². The summed E-state index contributed by atoms with van der Waals surface area (Å²) in [7, 11) is 0. The second-order valence-corrected chi connectivity index (χ2v) is 6.09. The average molecular weight is 258 g/mol. The quantitative estimate of drug-likeness (QED) is 0.562. The van der Waals surface area contributed by atoms with Crippen molar-refractivity contribution < 1.29 is 13.8 Å². The topological polar surface area (TPSA) is 65.0 Å². The number of hydrogen-bond donors (Lipinski definition) is 1. The molecule has 0 spiro atoms. The lowest BCUT2D eigenvalue weighted by Crippen LogP contribution is -2.43. The Labute approximate surface area is 110 Å². The van der Waals surface area contributed by atoms with Gasteiger partial charge in [0.05, 0.1) is 16.9 Å². The molecule has 1 N–H and O–H groups in total. The minimum atomic E-state index is -0.282. The molecule has 2 amide bonds. The summed E-state index contributed by atoms with van der Waals surface area (Å²) in [6.45, 7) is 6.27. The van der Waals surface area contributed by atoms with Crippen molar-refractivity contribution in [2.24, 2.45) is 0 Å². The molecule has 19 heavy (non-hydrogen) atoms. The first kappa shape index (κ1) is 12.1. The first-order valence-corrected chi connectivity index (χ1v) is 6.44. The van der Waals surface area contributed by atoms with Crippen LogP contribution in [0, 0.1) is 0 Å². The van der Waals surface area contributed by atoms with Crippen molar-refractivity contribution in [1.82, 2.24) is 10.3 Å². The SMILES string of the molecule is CC(C)(C)c1ncc(C2CCC(=O)NC2=O)c2[n+]1=C=2. The number of imide groups is 1. The maximum Gasteiger partial charge on any atom is 0.317 e. The van der Waals surface area contributed by atoms with E-state index < -0.39 is 0 Å². The fraction of sp³-hybridized carbons (Fsp3) is 0.500. The number of carbonyl (C=O) groups excluding carboxylic acids is 2. The summed E-state index contributed by atoms with van der Waals surface area (Å²) in [4.78, 5) is 27.5. The normalized spacial score (nSPS) is 21.1. The van der Waals surface area contributed by atoms with Crippen molar-refractivity contribution in [3.8, 4) is 0 Å². The van der Waals surface area contributed by atoms with Gasteiger partial charge in [0.2, 0.25) is 17.2 Å². The van der Waals surface area contributed by atoms with Gasteiger partial charge in [0.15, 0.2) is 0 Å². The lowest BCUT2D eigenvalue weighted by molar-refractivity contribution is -0.467. The van der Waals surface area contributed by atoms with Gasteiger partial charge in [-0.05, 0) is 27.2 Å². The molecule has 0 saturated carbocycles. The highest BCUT2D eigenvalue weighted by molar-refractivity contribution is 6.00. The van der Waals surface area contributed by atoms with Crippen molar-refractivity contribution in [1.29, 1.82) is 0 Å². The Morgan fingerprint density at radius 3 is 2.79 bits per heavy atom. The number of hydrogen-bond acceptors (Lipinski definition) is 3. The van der Waals surface area contributed by atoms with Crippen LogP contribution in [0.4, 0.5) is 0 Å². The highest BCUT2D eigenvalue weighted by Gasteiger charge is 2.36. The van der Waals surface area contributed by atoms with Crippen LogP contribution in [0.15, 0.2) is 6.20 Å². The molecule has 5 nitrogen and oxygen atoms in total. The maximum atomic E-state index is 11.9. The Bertz CT molecular complexity index is 724. The molecule has 1 aromatic rings. The van der Waals surface area contributed by atoms with E-state index in [-0.39, 0.29) is 23.1 Å². The molecular weight excluding hydrogens is 242 g/mol. The Balaban J connectivity index is 1.96. The van der Waals surface area contributed by atoms with Gasteiger partial charge in [-0.2, -0.15) is 0 Å². The number of nitrogens with zero attached hydrogens (tertiary/aromatic N) is 2. The van der Waals surface area contributed by atoms with E-state index in [1.165, 1.54) is 0 Å². The molecule has 3 rings (SSSR count). The van der Waals surface area contributed by atoms with E-state index in [1.807, 2.05) is 4.24 Å². The molecule has 0 bridgehead atoms. The first-order chi connectivity index (χ1) is 8.88. The summed E-state index contributed by atoms with van der Waals surface area (Å²) in [5.74, 6) is 3.40. The van der Waals surface area contributed by atoms with Crippen LogP contribution < -0.4 is 14.9 Å². The van der Waals surface area contributed by atoms with E-state index in [1.54, 1.807) is 6.20 Å². The standard InChI is InChI=1S/C14H15N3O2/c1-14(2,3)13-15-6-9(10-7-17(10)13)8-4-5-11(18)16-12(8)19/h6,8H,4-5H2,1-3H3/p+1. The lowest BCUT2D eigenvalue weighted by Gasteiger charge is -2.19. The van der Waals surface area contributed by atoms with Gasteiger partial charge in [0, 0.05) is 6.42 Å². The number of amides is 2. The third-order valence-electron chi connectivity index (χ3n) is 3.49. The molecule has 3 heterocycles. The van der Waals surface area contributed by atoms with Crippen LogP contribution in [0.1, 0.15) is 50.9 Å². The Morgan fingerprint density at radius 2 is 2.16 bits per heavy atom. The Morgan fingerprint density at radius 1 is 1.42 bits per heavy atom. The molecule has 1 unspecified atom stereocenters. The van der Waals surface area contributed by atoms with E-state index in [0.29, 0.717) is 12.8 Å².